The molecule has 3 saturated carbocycles. The van der Waals surface area contributed by atoms with Gasteiger partial charge in [0, 0.05) is 4.90 Å². The summed E-state index contributed by atoms with van der Waals surface area (Å²) in [5, 5.41) is 0. The minimum absolute atomic E-state index is 0. The Kier molecular flexibility index (Phi) is 17.5. The zero-order chi connectivity index (χ0) is 26.0. The average Bonchev–Trinajstić information content (AvgIpc) is 3.36. The van der Waals surface area contributed by atoms with Gasteiger partial charge in [-0.2, -0.15) is 5.92 Å². The fourth-order valence-electron chi connectivity index (χ4n) is 3.85. The first-order valence-electron chi connectivity index (χ1n) is 12.6. The molecule has 0 spiro atoms. The van der Waals surface area contributed by atoms with E-state index in [1.54, 1.807) is 30.3 Å². The molecule has 6 rings (SSSR count). The topological polar surface area (TPSA) is 40.1 Å². The van der Waals surface area contributed by atoms with E-state index in [0.29, 0.717) is 4.90 Å². The fourth-order valence-corrected chi connectivity index (χ4v) is 4.22. The third-order valence-electron chi connectivity index (χ3n) is 5.84. The van der Waals surface area contributed by atoms with Crippen LogP contribution in [0.4, 0.5) is 0 Å². The Balaban J connectivity index is 0.000000210. The van der Waals surface area contributed by atoms with Gasteiger partial charge in [0.15, 0.2) is 0 Å². The van der Waals surface area contributed by atoms with Gasteiger partial charge >= 0.3 is 21.7 Å². The van der Waals surface area contributed by atoms with Gasteiger partial charge in [-0.3, -0.25) is 4.21 Å². The molecule has 2 unspecified atom stereocenters. The van der Waals surface area contributed by atoms with Crippen molar-refractivity contribution in [1.82, 2.24) is 0 Å². The Bertz CT molecular complexity index is 902. The molecule has 3 fully saturated rings. The Morgan fingerprint density at radius 3 is 1.21 bits per heavy atom. The molecular formula is C34H34O2STi. The summed E-state index contributed by atoms with van der Waals surface area (Å²) in [6.07, 6.45) is 26.2. The molecule has 0 saturated heterocycles. The summed E-state index contributed by atoms with van der Waals surface area (Å²) >= 11 is -2.08. The minimum Gasteiger partial charge on any atom is -0.768 e. The van der Waals surface area contributed by atoms with Crippen molar-refractivity contribution < 1.29 is 30.5 Å². The van der Waals surface area contributed by atoms with E-state index in [-0.39, 0.29) is 21.7 Å². The normalized spacial score (nSPS) is 17.9. The zero-order valence-electron chi connectivity index (χ0n) is 21.5. The van der Waals surface area contributed by atoms with Crippen molar-refractivity contribution >= 4 is 11.1 Å². The first-order chi connectivity index (χ1) is 18.2. The Hall–Kier alpha value is -1.52. The maximum atomic E-state index is 10.2. The van der Waals surface area contributed by atoms with E-state index in [2.05, 4.69) is 67.1 Å². The largest absolute Gasteiger partial charge is 2.00 e. The fraction of sp³-hybridized carbons (Fsp3) is 0.147. The van der Waals surface area contributed by atoms with Crippen LogP contribution in [0.3, 0.4) is 0 Å². The van der Waals surface area contributed by atoms with Crippen LogP contribution in [0, 0.1) is 82.5 Å². The van der Waals surface area contributed by atoms with Crippen LogP contribution in [0.25, 0.3) is 0 Å². The quantitative estimate of drug-likeness (QED) is 0.183. The molecule has 38 heavy (non-hydrogen) atoms. The van der Waals surface area contributed by atoms with Crippen LogP contribution in [0.5, 0.6) is 0 Å². The van der Waals surface area contributed by atoms with E-state index in [1.807, 2.05) is 64.2 Å². The van der Waals surface area contributed by atoms with Gasteiger partial charge in [0.25, 0.3) is 0 Å². The van der Waals surface area contributed by atoms with Crippen molar-refractivity contribution in [2.45, 2.75) is 24.2 Å². The summed E-state index contributed by atoms with van der Waals surface area (Å²) in [6, 6.07) is 30.0. The average molecular weight is 555 g/mol. The second kappa shape index (κ2) is 20.4. The van der Waals surface area contributed by atoms with E-state index in [1.165, 1.54) is 30.4 Å². The predicted octanol–water partition coefficient (Wildman–Crippen LogP) is 7.28. The van der Waals surface area contributed by atoms with Crippen molar-refractivity contribution in [3.63, 3.8) is 0 Å². The van der Waals surface area contributed by atoms with Crippen LogP contribution < -0.4 is 0 Å². The molecule has 2 nitrogen and oxygen atoms in total. The molecule has 3 aliphatic carbocycles. The van der Waals surface area contributed by atoms with E-state index in [0.717, 1.165) is 11.8 Å². The summed E-state index contributed by atoms with van der Waals surface area (Å²) in [5.41, 5.74) is 2.94. The monoisotopic (exact) mass is 554 g/mol. The minimum atomic E-state index is -2.08. The van der Waals surface area contributed by atoms with Crippen LogP contribution in [0.1, 0.15) is 17.5 Å². The number of hydrogen-bond donors (Lipinski definition) is 0. The molecule has 0 bridgehead atoms. The van der Waals surface area contributed by atoms with Crippen LogP contribution in [-0.2, 0) is 45.6 Å². The van der Waals surface area contributed by atoms with Gasteiger partial charge in [-0.1, -0.05) is 84.8 Å². The first-order valence-corrected chi connectivity index (χ1v) is 13.7. The van der Waals surface area contributed by atoms with Gasteiger partial charge in [-0.05, 0) is 111 Å². The maximum Gasteiger partial charge on any atom is 2.00 e. The molecule has 10 radical (unpaired) electrons. The first kappa shape index (κ1) is 32.7. The molecule has 192 valence electrons. The molecule has 2 atom stereocenters. The van der Waals surface area contributed by atoms with Gasteiger partial charge in [-0.15, -0.1) is 0 Å². The van der Waals surface area contributed by atoms with Crippen LogP contribution in [-0.4, -0.2) is 8.76 Å². The van der Waals surface area contributed by atoms with Crippen molar-refractivity contribution in [3.8, 4) is 0 Å². The SMILES string of the molecule is O=S([O-])c1ccccc1.[CH]1[CH][CH][CH][CH]1.[CH]1[CH][CH][CH][CH]1.[Ti+2].c1ccc(CC(Cc2ccccc2)C2[CH-]C2)cc1. The van der Waals surface area contributed by atoms with E-state index in [9.17, 15) is 8.76 Å². The zero-order valence-corrected chi connectivity index (χ0v) is 23.9. The van der Waals surface area contributed by atoms with Crippen molar-refractivity contribution in [3.05, 3.63) is 173 Å². The van der Waals surface area contributed by atoms with Crippen LogP contribution in [0.15, 0.2) is 95.9 Å². The van der Waals surface area contributed by atoms with Crippen LogP contribution >= 0.6 is 0 Å². The van der Waals surface area contributed by atoms with Gasteiger partial charge < -0.3 is 11.0 Å². The molecule has 0 N–H and O–H groups in total. The summed E-state index contributed by atoms with van der Waals surface area (Å²) in [5.74, 6) is 1.61. The molecule has 3 aliphatic rings. The Morgan fingerprint density at radius 2 is 0.947 bits per heavy atom. The number of hydrogen-bond acceptors (Lipinski definition) is 2. The molecule has 0 heterocycles. The predicted molar refractivity (Wildman–Crippen MR) is 153 cm³/mol. The number of rotatable bonds is 6. The van der Waals surface area contributed by atoms with E-state index >= 15 is 0 Å². The Morgan fingerprint density at radius 1 is 0.632 bits per heavy atom. The molecule has 0 amide bonds. The third kappa shape index (κ3) is 14.6. The molecule has 3 aromatic rings. The van der Waals surface area contributed by atoms with Gasteiger partial charge in [0.2, 0.25) is 0 Å². The smallest absolute Gasteiger partial charge is 0.768 e. The van der Waals surface area contributed by atoms with Crippen molar-refractivity contribution in [1.29, 1.82) is 0 Å². The molecule has 3 aromatic carbocycles. The molecule has 4 heteroatoms. The van der Waals surface area contributed by atoms with E-state index < -0.39 is 11.1 Å². The second-order valence-electron chi connectivity index (χ2n) is 8.75. The molecular weight excluding hydrogens is 520 g/mol. The summed E-state index contributed by atoms with van der Waals surface area (Å²) in [6.45, 7) is 0. The van der Waals surface area contributed by atoms with Gasteiger partial charge in [-0.25, -0.2) is 6.42 Å². The second-order valence-corrected chi connectivity index (χ2v) is 9.69. The van der Waals surface area contributed by atoms with Crippen molar-refractivity contribution in [2.75, 3.05) is 0 Å². The van der Waals surface area contributed by atoms with Crippen LogP contribution in [0.2, 0.25) is 0 Å². The molecule has 0 aromatic heterocycles. The van der Waals surface area contributed by atoms with E-state index in [4.69, 9.17) is 0 Å². The summed E-state index contributed by atoms with van der Waals surface area (Å²) in [4.78, 5) is 0.331. The van der Waals surface area contributed by atoms with Gasteiger partial charge in [0.05, 0.1) is 0 Å². The third-order valence-corrected chi connectivity index (χ3v) is 6.50. The van der Waals surface area contributed by atoms with Crippen molar-refractivity contribution in [2.24, 2.45) is 11.8 Å². The summed E-state index contributed by atoms with van der Waals surface area (Å²) in [7, 11) is 0. The number of benzene rings is 3. The maximum absolute atomic E-state index is 10.2. The van der Waals surface area contributed by atoms with Gasteiger partial charge in [0.1, 0.15) is 0 Å². The molecule has 0 aliphatic heterocycles. The Labute approximate surface area is 249 Å². The summed E-state index contributed by atoms with van der Waals surface area (Å²) < 4.78 is 20.4. The standard InChI is InChI=1S/C18H19.C6H6O2S.2C5H5.Ti/c1-3-7-15(8-4-1)13-18(17-11-12-17)14-16-9-5-2-6-10-16;7-9(8)6-4-2-1-3-5-6;2*1-2-4-5-3-1;/h1-11,17-18H,12-14H2;1-5H,(H,7,8);2*1-5H;/q-1;;;;+2/p-1.